The van der Waals surface area contributed by atoms with E-state index in [9.17, 15) is 9.90 Å². The van der Waals surface area contributed by atoms with Gasteiger partial charge in [0.05, 0.1) is 5.37 Å². The van der Waals surface area contributed by atoms with Crippen LogP contribution in [0.5, 0.6) is 5.75 Å². The number of aromatic hydroxyl groups is 1. The third-order valence-corrected chi connectivity index (χ3v) is 5.60. The van der Waals surface area contributed by atoms with Crippen LogP contribution in [0.15, 0.2) is 23.1 Å². The molecule has 5 nitrogen and oxygen atoms in total. The number of hydrogen-bond donors (Lipinski definition) is 4. The van der Waals surface area contributed by atoms with Crippen LogP contribution in [0.4, 0.5) is 5.69 Å². The van der Waals surface area contributed by atoms with Crippen molar-refractivity contribution in [3.63, 3.8) is 0 Å². The van der Waals surface area contributed by atoms with E-state index in [-0.39, 0.29) is 16.5 Å². The lowest BCUT2D eigenvalue weighted by molar-refractivity contribution is -0.138. The van der Waals surface area contributed by atoms with Crippen LogP contribution < -0.4 is 10.6 Å². The third-order valence-electron chi connectivity index (χ3n) is 2.90. The van der Waals surface area contributed by atoms with Gasteiger partial charge in [-0.15, -0.1) is 11.8 Å². The molecular formula is C11H12N2O3S2. The van der Waals surface area contributed by atoms with Gasteiger partial charge in [-0.05, 0) is 18.2 Å². The molecule has 0 aromatic heterocycles. The summed E-state index contributed by atoms with van der Waals surface area (Å²) < 4.78 is 0. The van der Waals surface area contributed by atoms with Crippen molar-refractivity contribution >= 4 is 35.2 Å². The van der Waals surface area contributed by atoms with Gasteiger partial charge in [0.1, 0.15) is 17.2 Å². The topological polar surface area (TPSA) is 81.6 Å². The standard InChI is InChI=1S/C11H12N2O3S2/c14-5-1-2-6-8(3-5)18-10(12-6)9-13-7(4-17-9)11(15)16/h1-3,7,9-10,12-14H,4H2,(H,15,16)/t7-,9?,10?/m1/s1. The number of fused-ring (bicyclic) bond motifs is 1. The van der Waals surface area contributed by atoms with Crippen molar-refractivity contribution in [2.75, 3.05) is 11.1 Å². The Hall–Kier alpha value is -1.05. The molecule has 3 atom stereocenters. The summed E-state index contributed by atoms with van der Waals surface area (Å²) in [4.78, 5) is 11.9. The van der Waals surface area contributed by atoms with E-state index >= 15 is 0 Å². The second kappa shape index (κ2) is 4.56. The zero-order chi connectivity index (χ0) is 12.7. The molecule has 4 N–H and O–H groups in total. The Labute approximate surface area is 112 Å². The first-order valence-electron chi connectivity index (χ1n) is 5.50. The summed E-state index contributed by atoms with van der Waals surface area (Å²) in [6.07, 6.45) is 0. The minimum absolute atomic E-state index is 0.0608. The molecular weight excluding hydrogens is 272 g/mol. The Morgan fingerprint density at radius 3 is 2.94 bits per heavy atom. The highest BCUT2D eigenvalue weighted by molar-refractivity contribution is 8.04. The van der Waals surface area contributed by atoms with Gasteiger partial charge in [0.25, 0.3) is 0 Å². The smallest absolute Gasteiger partial charge is 0.321 e. The average Bonchev–Trinajstić information content (AvgIpc) is 2.93. The van der Waals surface area contributed by atoms with E-state index in [0.29, 0.717) is 5.75 Å². The fourth-order valence-corrected chi connectivity index (χ4v) is 4.65. The van der Waals surface area contributed by atoms with Crippen molar-refractivity contribution < 1.29 is 15.0 Å². The predicted molar refractivity (Wildman–Crippen MR) is 72.2 cm³/mol. The number of carboxylic acid groups (broad SMARTS) is 1. The molecule has 7 heteroatoms. The van der Waals surface area contributed by atoms with E-state index in [1.807, 2.05) is 6.07 Å². The van der Waals surface area contributed by atoms with Gasteiger partial charge in [0.2, 0.25) is 0 Å². The summed E-state index contributed by atoms with van der Waals surface area (Å²) >= 11 is 3.23. The Kier molecular flexibility index (Phi) is 3.04. The molecule has 0 aliphatic carbocycles. The number of hydrogen-bond acceptors (Lipinski definition) is 6. The molecule has 0 spiro atoms. The molecule has 0 saturated carbocycles. The predicted octanol–water partition coefficient (Wildman–Crippen LogP) is 1.35. The van der Waals surface area contributed by atoms with Crippen LogP contribution in [0.1, 0.15) is 0 Å². The number of phenols is 1. The second-order valence-electron chi connectivity index (χ2n) is 4.17. The SMILES string of the molecule is O=C(O)[C@H]1CSC(C2Nc3ccc(O)cc3S2)N1. The number of carbonyl (C=O) groups is 1. The van der Waals surface area contributed by atoms with E-state index in [2.05, 4.69) is 10.6 Å². The fourth-order valence-electron chi connectivity index (χ4n) is 2.00. The number of nitrogens with one attached hydrogen (secondary N) is 2. The fraction of sp³-hybridized carbons (Fsp3) is 0.364. The summed E-state index contributed by atoms with van der Waals surface area (Å²) in [6, 6.07) is 4.73. The van der Waals surface area contributed by atoms with Crippen molar-refractivity contribution in [3.8, 4) is 5.75 Å². The van der Waals surface area contributed by atoms with Gasteiger partial charge in [-0.1, -0.05) is 11.8 Å². The molecule has 2 aliphatic heterocycles. The quantitative estimate of drug-likeness (QED) is 0.610. The molecule has 1 aromatic carbocycles. The lowest BCUT2D eigenvalue weighted by Crippen LogP contribution is -2.42. The van der Waals surface area contributed by atoms with Gasteiger partial charge < -0.3 is 15.5 Å². The number of thioether (sulfide) groups is 2. The Bertz CT molecular complexity index is 497. The first kappa shape index (κ1) is 12.0. The average molecular weight is 284 g/mol. The van der Waals surface area contributed by atoms with Crippen molar-refractivity contribution in [1.82, 2.24) is 5.32 Å². The summed E-state index contributed by atoms with van der Waals surface area (Å²) in [6.45, 7) is 0. The Morgan fingerprint density at radius 1 is 1.39 bits per heavy atom. The maximum Gasteiger partial charge on any atom is 0.321 e. The largest absolute Gasteiger partial charge is 0.508 e. The molecule has 2 aliphatic rings. The molecule has 0 amide bonds. The van der Waals surface area contributed by atoms with Crippen molar-refractivity contribution in [1.29, 1.82) is 0 Å². The molecule has 2 heterocycles. The van der Waals surface area contributed by atoms with Gasteiger partial charge in [-0.2, -0.15) is 0 Å². The zero-order valence-electron chi connectivity index (χ0n) is 9.29. The molecule has 1 saturated heterocycles. The normalized spacial score (nSPS) is 29.9. The summed E-state index contributed by atoms with van der Waals surface area (Å²) in [5.74, 6) is 0.0302. The minimum atomic E-state index is -0.803. The van der Waals surface area contributed by atoms with Crippen molar-refractivity contribution in [2.45, 2.75) is 21.7 Å². The van der Waals surface area contributed by atoms with E-state index in [0.717, 1.165) is 10.6 Å². The molecule has 2 unspecified atom stereocenters. The molecule has 1 fully saturated rings. The number of anilines is 1. The number of phenolic OH excluding ortho intramolecular Hbond substituents is 1. The van der Waals surface area contributed by atoms with Gasteiger partial charge >= 0.3 is 5.97 Å². The first-order valence-corrected chi connectivity index (χ1v) is 7.43. The van der Waals surface area contributed by atoms with E-state index in [1.54, 1.807) is 35.7 Å². The molecule has 3 rings (SSSR count). The molecule has 18 heavy (non-hydrogen) atoms. The summed E-state index contributed by atoms with van der Waals surface area (Å²) in [5, 5.41) is 25.0. The van der Waals surface area contributed by atoms with E-state index < -0.39 is 12.0 Å². The molecule has 96 valence electrons. The maximum absolute atomic E-state index is 10.9. The highest BCUT2D eigenvalue weighted by Crippen LogP contribution is 2.44. The summed E-state index contributed by atoms with van der Waals surface area (Å²) in [5.41, 5.74) is 0.990. The van der Waals surface area contributed by atoms with Crippen LogP contribution in [0.2, 0.25) is 0 Å². The van der Waals surface area contributed by atoms with Crippen LogP contribution in [-0.4, -0.2) is 38.7 Å². The van der Waals surface area contributed by atoms with Gasteiger partial charge in [0, 0.05) is 16.3 Å². The van der Waals surface area contributed by atoms with E-state index in [1.165, 1.54) is 0 Å². The molecule has 1 aromatic rings. The number of rotatable bonds is 2. The van der Waals surface area contributed by atoms with Gasteiger partial charge in [-0.3, -0.25) is 10.1 Å². The zero-order valence-corrected chi connectivity index (χ0v) is 10.9. The highest BCUT2D eigenvalue weighted by Gasteiger charge is 2.37. The first-order chi connectivity index (χ1) is 8.63. The maximum atomic E-state index is 10.9. The van der Waals surface area contributed by atoms with Gasteiger partial charge in [0.15, 0.2) is 0 Å². The number of benzene rings is 1. The van der Waals surface area contributed by atoms with Crippen molar-refractivity contribution in [3.05, 3.63) is 18.2 Å². The summed E-state index contributed by atoms with van der Waals surface area (Å²) in [7, 11) is 0. The van der Waals surface area contributed by atoms with Crippen LogP contribution in [0.3, 0.4) is 0 Å². The highest BCUT2D eigenvalue weighted by atomic mass is 32.2. The second-order valence-corrected chi connectivity index (χ2v) is 6.53. The third kappa shape index (κ3) is 2.13. The Morgan fingerprint density at radius 2 is 2.22 bits per heavy atom. The van der Waals surface area contributed by atoms with Crippen LogP contribution in [-0.2, 0) is 4.79 Å². The van der Waals surface area contributed by atoms with Crippen molar-refractivity contribution in [2.24, 2.45) is 0 Å². The van der Waals surface area contributed by atoms with E-state index in [4.69, 9.17) is 5.11 Å². The molecule has 0 bridgehead atoms. The molecule has 0 radical (unpaired) electrons. The minimum Gasteiger partial charge on any atom is -0.508 e. The van der Waals surface area contributed by atoms with Gasteiger partial charge in [-0.25, -0.2) is 0 Å². The van der Waals surface area contributed by atoms with Crippen LogP contribution in [0, 0.1) is 0 Å². The Balaban J connectivity index is 1.69. The monoisotopic (exact) mass is 284 g/mol. The van der Waals surface area contributed by atoms with Crippen LogP contribution >= 0.6 is 23.5 Å². The lowest BCUT2D eigenvalue weighted by Gasteiger charge is -2.18. The number of aliphatic carboxylic acids is 1. The number of carboxylic acids is 1. The lowest BCUT2D eigenvalue weighted by atomic mass is 10.3. The van der Waals surface area contributed by atoms with Crippen LogP contribution in [0.25, 0.3) is 0 Å².